The molecule has 7 heteroatoms. The standard InChI is InChI=1S/C17H17Cl2N3O2/c1-2-22(11-8-12-6-9-20-10-7-12)17(24)16(23)21-15-13(18)4-3-5-14(15)19/h3-7,9-10H,2,8,11H2,1H3,(H,21,23). The van der Waals surface area contributed by atoms with Crippen molar-refractivity contribution in [2.75, 3.05) is 18.4 Å². The van der Waals surface area contributed by atoms with Crippen molar-refractivity contribution in [3.63, 3.8) is 0 Å². The van der Waals surface area contributed by atoms with E-state index in [1.54, 1.807) is 30.6 Å². The van der Waals surface area contributed by atoms with Gasteiger partial charge in [0.1, 0.15) is 0 Å². The van der Waals surface area contributed by atoms with Crippen LogP contribution in [0.1, 0.15) is 12.5 Å². The van der Waals surface area contributed by atoms with Crippen molar-refractivity contribution in [1.29, 1.82) is 0 Å². The monoisotopic (exact) mass is 365 g/mol. The van der Waals surface area contributed by atoms with E-state index in [2.05, 4.69) is 10.3 Å². The Morgan fingerprint density at radius 2 is 1.75 bits per heavy atom. The molecule has 0 unspecified atom stereocenters. The number of carbonyl (C=O) groups is 2. The van der Waals surface area contributed by atoms with Crippen LogP contribution in [0, 0.1) is 0 Å². The minimum Gasteiger partial charge on any atom is -0.334 e. The molecule has 0 spiro atoms. The van der Waals surface area contributed by atoms with Gasteiger partial charge in [-0.3, -0.25) is 14.6 Å². The first-order valence-electron chi connectivity index (χ1n) is 7.46. The number of anilines is 1. The number of likely N-dealkylation sites (N-methyl/N-ethyl adjacent to an activating group) is 1. The Kier molecular flexibility index (Phi) is 6.58. The number of carbonyl (C=O) groups excluding carboxylic acids is 2. The minimum atomic E-state index is -0.762. The highest BCUT2D eigenvalue weighted by Gasteiger charge is 2.22. The first kappa shape index (κ1) is 18.2. The van der Waals surface area contributed by atoms with Crippen molar-refractivity contribution in [3.8, 4) is 0 Å². The van der Waals surface area contributed by atoms with Gasteiger partial charge in [0, 0.05) is 25.5 Å². The summed E-state index contributed by atoms with van der Waals surface area (Å²) < 4.78 is 0. The van der Waals surface area contributed by atoms with E-state index in [9.17, 15) is 9.59 Å². The van der Waals surface area contributed by atoms with Crippen LogP contribution in [-0.2, 0) is 16.0 Å². The number of benzene rings is 1. The topological polar surface area (TPSA) is 62.3 Å². The second-order valence-electron chi connectivity index (χ2n) is 5.04. The molecule has 2 aromatic rings. The third-order valence-corrected chi connectivity index (χ3v) is 4.11. The molecule has 24 heavy (non-hydrogen) atoms. The van der Waals surface area contributed by atoms with Crippen LogP contribution in [0.5, 0.6) is 0 Å². The van der Waals surface area contributed by atoms with E-state index in [-0.39, 0.29) is 15.7 Å². The van der Waals surface area contributed by atoms with Gasteiger partial charge >= 0.3 is 11.8 Å². The lowest BCUT2D eigenvalue weighted by Gasteiger charge is -2.20. The highest BCUT2D eigenvalue weighted by Crippen LogP contribution is 2.29. The van der Waals surface area contributed by atoms with E-state index in [1.165, 1.54) is 4.90 Å². The number of hydrogen-bond donors (Lipinski definition) is 1. The second-order valence-corrected chi connectivity index (χ2v) is 5.86. The average molecular weight is 366 g/mol. The summed E-state index contributed by atoms with van der Waals surface area (Å²) >= 11 is 12.0. The third kappa shape index (κ3) is 4.69. The Hall–Kier alpha value is -2.11. The van der Waals surface area contributed by atoms with E-state index < -0.39 is 11.8 Å². The molecule has 1 heterocycles. The molecule has 0 bridgehead atoms. The van der Waals surface area contributed by atoms with Crippen LogP contribution < -0.4 is 5.32 Å². The number of para-hydroxylation sites is 1. The molecule has 0 aliphatic carbocycles. The van der Waals surface area contributed by atoms with Crippen molar-refractivity contribution in [2.24, 2.45) is 0 Å². The van der Waals surface area contributed by atoms with Crippen LogP contribution in [0.3, 0.4) is 0 Å². The zero-order valence-corrected chi connectivity index (χ0v) is 14.6. The molecule has 0 atom stereocenters. The summed E-state index contributed by atoms with van der Waals surface area (Å²) in [6.07, 6.45) is 4.03. The van der Waals surface area contributed by atoms with Gasteiger partial charge in [0.05, 0.1) is 15.7 Å². The lowest BCUT2D eigenvalue weighted by atomic mass is 10.2. The highest BCUT2D eigenvalue weighted by atomic mass is 35.5. The maximum Gasteiger partial charge on any atom is 0.313 e. The molecule has 1 aromatic heterocycles. The van der Waals surface area contributed by atoms with Gasteiger partial charge in [-0.1, -0.05) is 29.3 Å². The molecule has 0 aliphatic heterocycles. The number of halogens is 2. The molecular weight excluding hydrogens is 349 g/mol. The minimum absolute atomic E-state index is 0.240. The smallest absolute Gasteiger partial charge is 0.313 e. The molecule has 0 saturated carbocycles. The number of rotatable bonds is 5. The molecule has 0 radical (unpaired) electrons. The first-order chi connectivity index (χ1) is 11.5. The molecule has 2 amide bonds. The Bertz CT molecular complexity index is 703. The fourth-order valence-corrected chi connectivity index (χ4v) is 2.64. The fraction of sp³-hybridized carbons (Fsp3) is 0.235. The summed E-state index contributed by atoms with van der Waals surface area (Å²) in [5, 5.41) is 3.05. The molecule has 0 saturated heterocycles. The summed E-state index contributed by atoms with van der Waals surface area (Å²) in [4.78, 5) is 30.0. The predicted octanol–water partition coefficient (Wildman–Crippen LogP) is 3.42. The summed E-state index contributed by atoms with van der Waals surface area (Å²) in [6, 6.07) is 8.60. The SMILES string of the molecule is CCN(CCc1ccncc1)C(=O)C(=O)Nc1c(Cl)cccc1Cl. The summed E-state index contributed by atoms with van der Waals surface area (Å²) in [5.41, 5.74) is 1.29. The largest absolute Gasteiger partial charge is 0.334 e. The molecule has 0 fully saturated rings. The van der Waals surface area contributed by atoms with E-state index >= 15 is 0 Å². The van der Waals surface area contributed by atoms with Crippen molar-refractivity contribution in [2.45, 2.75) is 13.3 Å². The van der Waals surface area contributed by atoms with E-state index in [0.717, 1.165) is 5.56 Å². The van der Waals surface area contributed by atoms with Gasteiger partial charge < -0.3 is 10.2 Å². The molecule has 5 nitrogen and oxygen atoms in total. The normalized spacial score (nSPS) is 10.3. The number of amides is 2. The Balaban J connectivity index is 2.01. The Morgan fingerprint density at radius 1 is 1.12 bits per heavy atom. The molecular formula is C17H17Cl2N3O2. The molecule has 126 valence electrons. The average Bonchev–Trinajstić information content (AvgIpc) is 2.59. The van der Waals surface area contributed by atoms with Gasteiger partial charge in [-0.2, -0.15) is 0 Å². The molecule has 1 N–H and O–H groups in total. The molecule has 0 aliphatic rings. The summed E-state index contributed by atoms with van der Waals surface area (Å²) in [5.74, 6) is -1.39. The van der Waals surface area contributed by atoms with Crippen LogP contribution in [0.2, 0.25) is 10.0 Å². The summed E-state index contributed by atoms with van der Waals surface area (Å²) in [7, 11) is 0. The van der Waals surface area contributed by atoms with Crippen molar-refractivity contribution in [3.05, 3.63) is 58.3 Å². The number of nitrogens with one attached hydrogen (secondary N) is 1. The van der Waals surface area contributed by atoms with Crippen molar-refractivity contribution < 1.29 is 9.59 Å². The quantitative estimate of drug-likeness (QED) is 0.825. The van der Waals surface area contributed by atoms with Crippen molar-refractivity contribution in [1.82, 2.24) is 9.88 Å². The number of hydrogen-bond acceptors (Lipinski definition) is 3. The van der Waals surface area contributed by atoms with Gasteiger partial charge in [0.25, 0.3) is 0 Å². The number of aromatic nitrogens is 1. The zero-order chi connectivity index (χ0) is 17.5. The van der Waals surface area contributed by atoms with E-state index in [1.807, 2.05) is 19.1 Å². The van der Waals surface area contributed by atoms with Crippen LogP contribution >= 0.6 is 23.2 Å². The van der Waals surface area contributed by atoms with Gasteiger partial charge in [0.2, 0.25) is 0 Å². The van der Waals surface area contributed by atoms with Crippen LogP contribution in [-0.4, -0.2) is 34.8 Å². The maximum atomic E-state index is 12.3. The van der Waals surface area contributed by atoms with E-state index in [0.29, 0.717) is 19.5 Å². The van der Waals surface area contributed by atoms with Gasteiger partial charge in [-0.15, -0.1) is 0 Å². The fourth-order valence-electron chi connectivity index (χ4n) is 2.14. The molecule has 2 rings (SSSR count). The first-order valence-corrected chi connectivity index (χ1v) is 8.21. The molecule has 1 aromatic carbocycles. The van der Waals surface area contributed by atoms with Gasteiger partial charge in [-0.05, 0) is 43.2 Å². The van der Waals surface area contributed by atoms with Crippen molar-refractivity contribution >= 4 is 40.7 Å². The lowest BCUT2D eigenvalue weighted by molar-refractivity contribution is -0.143. The summed E-state index contributed by atoms with van der Waals surface area (Å²) in [6.45, 7) is 2.68. The zero-order valence-electron chi connectivity index (χ0n) is 13.1. The third-order valence-electron chi connectivity index (χ3n) is 3.48. The van der Waals surface area contributed by atoms with Gasteiger partial charge in [0.15, 0.2) is 0 Å². The predicted molar refractivity (Wildman–Crippen MR) is 95.3 cm³/mol. The highest BCUT2D eigenvalue weighted by molar-refractivity contribution is 6.44. The van der Waals surface area contributed by atoms with E-state index in [4.69, 9.17) is 23.2 Å². The van der Waals surface area contributed by atoms with Gasteiger partial charge in [-0.25, -0.2) is 0 Å². The maximum absolute atomic E-state index is 12.3. The number of nitrogens with zero attached hydrogens (tertiary/aromatic N) is 2. The van der Waals surface area contributed by atoms with Crippen LogP contribution in [0.4, 0.5) is 5.69 Å². The van der Waals surface area contributed by atoms with Crippen LogP contribution in [0.25, 0.3) is 0 Å². The number of pyridine rings is 1. The van der Waals surface area contributed by atoms with Crippen LogP contribution in [0.15, 0.2) is 42.7 Å². The Morgan fingerprint density at radius 3 is 2.33 bits per heavy atom. The lowest BCUT2D eigenvalue weighted by Crippen LogP contribution is -2.40. The Labute approximate surface area is 150 Å². The second kappa shape index (κ2) is 8.66.